The van der Waals surface area contributed by atoms with E-state index in [9.17, 15) is 22.4 Å². The number of hydrogen-bond donors (Lipinski definition) is 2. The minimum absolute atomic E-state index is 0.141. The molecule has 4 nitrogen and oxygen atoms in total. The van der Waals surface area contributed by atoms with Crippen molar-refractivity contribution in [3.05, 3.63) is 74.5 Å². The lowest BCUT2D eigenvalue weighted by molar-refractivity contribution is -0.140. The van der Waals surface area contributed by atoms with Gasteiger partial charge in [0.2, 0.25) is 0 Å². The summed E-state index contributed by atoms with van der Waals surface area (Å²) >= 11 is 4.47. The van der Waals surface area contributed by atoms with E-state index in [0.29, 0.717) is 21.8 Å². The van der Waals surface area contributed by atoms with Gasteiger partial charge in [0.1, 0.15) is 10.7 Å². The fourth-order valence-electron chi connectivity index (χ4n) is 2.48. The van der Waals surface area contributed by atoms with Crippen LogP contribution in [-0.4, -0.2) is 10.9 Å². The number of halogens is 5. The Kier molecular flexibility index (Phi) is 6.23. The summed E-state index contributed by atoms with van der Waals surface area (Å²) in [6, 6.07) is 10.0. The van der Waals surface area contributed by atoms with Crippen LogP contribution in [0, 0.1) is 12.7 Å². The molecule has 0 unspecified atom stereocenters. The summed E-state index contributed by atoms with van der Waals surface area (Å²) in [5, 5.41) is 6.15. The van der Waals surface area contributed by atoms with Crippen LogP contribution in [0.3, 0.4) is 0 Å². The Morgan fingerprint density at radius 2 is 1.86 bits per heavy atom. The van der Waals surface area contributed by atoms with Crippen LogP contribution in [0.5, 0.6) is 0 Å². The highest BCUT2D eigenvalue weighted by Crippen LogP contribution is 2.32. The minimum Gasteiger partial charge on any atom is -0.347 e. The van der Waals surface area contributed by atoms with E-state index in [1.165, 1.54) is 6.07 Å². The molecule has 3 rings (SSSR count). The Morgan fingerprint density at radius 3 is 2.52 bits per heavy atom. The van der Waals surface area contributed by atoms with Gasteiger partial charge in [-0.3, -0.25) is 4.79 Å². The van der Waals surface area contributed by atoms with Crippen LogP contribution in [0.1, 0.15) is 26.5 Å². The molecule has 0 aliphatic carbocycles. The van der Waals surface area contributed by atoms with Gasteiger partial charge in [0.15, 0.2) is 5.13 Å². The average Bonchev–Trinajstić information content (AvgIpc) is 3.02. The number of nitrogens with one attached hydrogen (secondary N) is 2. The highest BCUT2D eigenvalue weighted by molar-refractivity contribution is 9.10. The molecule has 3 aromatic rings. The van der Waals surface area contributed by atoms with E-state index in [0.717, 1.165) is 27.6 Å². The van der Waals surface area contributed by atoms with Crippen LogP contribution in [0.25, 0.3) is 0 Å². The van der Waals surface area contributed by atoms with Gasteiger partial charge in [-0.25, -0.2) is 9.37 Å². The second-order valence-corrected chi connectivity index (χ2v) is 7.97. The minimum atomic E-state index is -4.80. The molecule has 2 aromatic carbocycles. The normalized spacial score (nSPS) is 11.4. The predicted molar refractivity (Wildman–Crippen MR) is 107 cm³/mol. The van der Waals surface area contributed by atoms with E-state index in [1.807, 2.05) is 24.3 Å². The SMILES string of the molecule is Cc1nc(Nc2ccc(Br)cc2)sc1C(=O)NCc1ccc(F)c(C(F)(F)F)c1. The van der Waals surface area contributed by atoms with Gasteiger partial charge in [-0.2, -0.15) is 13.2 Å². The standard InChI is InChI=1S/C19H14BrF4N3OS/c1-10-16(29-18(26-10)27-13-5-3-12(20)4-6-13)17(28)25-9-11-2-7-15(21)14(8-11)19(22,23)24/h2-8H,9H2,1H3,(H,25,28)(H,26,27). The van der Waals surface area contributed by atoms with E-state index in [2.05, 4.69) is 31.5 Å². The van der Waals surface area contributed by atoms with Gasteiger partial charge in [-0.15, -0.1) is 0 Å². The third-order valence-electron chi connectivity index (χ3n) is 3.89. The van der Waals surface area contributed by atoms with Crippen LogP contribution in [0.2, 0.25) is 0 Å². The molecule has 152 valence electrons. The number of nitrogens with zero attached hydrogens (tertiary/aromatic N) is 1. The van der Waals surface area contributed by atoms with Crippen LogP contribution in [-0.2, 0) is 12.7 Å². The predicted octanol–water partition coefficient (Wildman–Crippen LogP) is 6.05. The number of aromatic nitrogens is 1. The number of rotatable bonds is 5. The summed E-state index contributed by atoms with van der Waals surface area (Å²) in [6.45, 7) is 1.49. The Balaban J connectivity index is 1.68. The molecular formula is C19H14BrF4N3OS. The van der Waals surface area contributed by atoms with E-state index in [-0.39, 0.29) is 12.1 Å². The second kappa shape index (κ2) is 8.50. The Labute approximate surface area is 176 Å². The van der Waals surface area contributed by atoms with E-state index in [4.69, 9.17) is 0 Å². The highest BCUT2D eigenvalue weighted by Gasteiger charge is 2.34. The van der Waals surface area contributed by atoms with Gasteiger partial charge < -0.3 is 10.6 Å². The van der Waals surface area contributed by atoms with Crippen LogP contribution in [0.15, 0.2) is 46.9 Å². The molecule has 0 aliphatic heterocycles. The summed E-state index contributed by atoms with van der Waals surface area (Å²) < 4.78 is 52.7. The maximum atomic E-state index is 13.4. The third-order valence-corrected chi connectivity index (χ3v) is 5.49. The summed E-state index contributed by atoms with van der Waals surface area (Å²) in [7, 11) is 0. The van der Waals surface area contributed by atoms with Gasteiger partial charge in [0.25, 0.3) is 5.91 Å². The first-order chi connectivity index (χ1) is 13.6. The fourth-order valence-corrected chi connectivity index (χ4v) is 3.65. The molecule has 0 radical (unpaired) electrons. The maximum absolute atomic E-state index is 13.4. The largest absolute Gasteiger partial charge is 0.419 e. The zero-order chi connectivity index (χ0) is 21.2. The number of hydrogen-bond acceptors (Lipinski definition) is 4. The molecule has 0 saturated carbocycles. The van der Waals surface area contributed by atoms with Crippen LogP contribution in [0.4, 0.5) is 28.4 Å². The second-order valence-electron chi connectivity index (χ2n) is 6.06. The summed E-state index contributed by atoms with van der Waals surface area (Å²) in [4.78, 5) is 17.1. The van der Waals surface area contributed by atoms with Crippen molar-refractivity contribution in [3.8, 4) is 0 Å². The molecule has 0 aliphatic rings. The molecule has 0 atom stereocenters. The number of carbonyl (C=O) groups excluding carboxylic acids is 1. The maximum Gasteiger partial charge on any atom is 0.419 e. The molecule has 0 saturated heterocycles. The smallest absolute Gasteiger partial charge is 0.347 e. The molecule has 29 heavy (non-hydrogen) atoms. The highest BCUT2D eigenvalue weighted by atomic mass is 79.9. The van der Waals surface area contributed by atoms with Crippen molar-refractivity contribution in [2.24, 2.45) is 0 Å². The van der Waals surface area contributed by atoms with Crippen molar-refractivity contribution < 1.29 is 22.4 Å². The molecule has 2 N–H and O–H groups in total. The molecular weight excluding hydrogens is 474 g/mol. The Morgan fingerprint density at radius 1 is 1.17 bits per heavy atom. The molecule has 1 amide bonds. The van der Waals surface area contributed by atoms with Crippen molar-refractivity contribution in [1.82, 2.24) is 10.3 Å². The van der Waals surface area contributed by atoms with Gasteiger partial charge >= 0.3 is 6.18 Å². The lowest BCUT2D eigenvalue weighted by Gasteiger charge is -2.10. The van der Waals surface area contributed by atoms with E-state index in [1.54, 1.807) is 6.92 Å². The zero-order valence-electron chi connectivity index (χ0n) is 14.9. The number of carbonyl (C=O) groups is 1. The monoisotopic (exact) mass is 487 g/mol. The quantitative estimate of drug-likeness (QED) is 0.431. The van der Waals surface area contributed by atoms with Crippen LogP contribution >= 0.6 is 27.3 Å². The molecule has 0 bridgehead atoms. The summed E-state index contributed by atoms with van der Waals surface area (Å²) in [5.41, 5.74) is 0.0590. The van der Waals surface area contributed by atoms with Crippen molar-refractivity contribution in [3.63, 3.8) is 0 Å². The number of anilines is 2. The zero-order valence-corrected chi connectivity index (χ0v) is 17.3. The summed E-state index contributed by atoms with van der Waals surface area (Å²) in [6.07, 6.45) is -4.80. The van der Waals surface area contributed by atoms with Crippen LogP contribution < -0.4 is 10.6 Å². The Bertz CT molecular complexity index is 1030. The number of benzene rings is 2. The lowest BCUT2D eigenvalue weighted by Crippen LogP contribution is -2.23. The van der Waals surface area contributed by atoms with Gasteiger partial charge in [-0.05, 0) is 48.9 Å². The van der Waals surface area contributed by atoms with Crippen molar-refractivity contribution in [2.45, 2.75) is 19.6 Å². The molecule has 0 fully saturated rings. The lowest BCUT2D eigenvalue weighted by atomic mass is 10.1. The van der Waals surface area contributed by atoms with E-state index < -0.39 is 23.5 Å². The first kappa shape index (κ1) is 21.3. The summed E-state index contributed by atoms with van der Waals surface area (Å²) in [5.74, 6) is -1.82. The van der Waals surface area contributed by atoms with Crippen molar-refractivity contribution >= 4 is 44.0 Å². The molecule has 1 aromatic heterocycles. The van der Waals surface area contributed by atoms with Crippen molar-refractivity contribution in [2.75, 3.05) is 5.32 Å². The number of aryl methyl sites for hydroxylation is 1. The van der Waals surface area contributed by atoms with E-state index >= 15 is 0 Å². The Hall–Kier alpha value is -2.46. The molecule has 0 spiro atoms. The van der Waals surface area contributed by atoms with Gasteiger partial charge in [0.05, 0.1) is 11.3 Å². The number of alkyl halides is 3. The fraction of sp³-hybridized carbons (Fsp3) is 0.158. The van der Waals surface area contributed by atoms with Crippen molar-refractivity contribution in [1.29, 1.82) is 0 Å². The topological polar surface area (TPSA) is 54.0 Å². The first-order valence-corrected chi connectivity index (χ1v) is 9.88. The van der Waals surface area contributed by atoms with Gasteiger partial charge in [-0.1, -0.05) is 33.3 Å². The van der Waals surface area contributed by atoms with Gasteiger partial charge in [0, 0.05) is 16.7 Å². The first-order valence-electron chi connectivity index (χ1n) is 8.27. The molecule has 10 heteroatoms. The number of amides is 1. The average molecular weight is 488 g/mol. The number of thiazole rings is 1. The third kappa shape index (κ3) is 5.33. The molecule has 1 heterocycles.